The first-order chi connectivity index (χ1) is 15.8. The number of rotatable bonds is 5. The maximum atomic E-state index is 14.1. The number of piperidine rings is 1. The van der Waals surface area contributed by atoms with E-state index in [4.69, 9.17) is 11.6 Å². The molecule has 1 aromatic heterocycles. The summed E-state index contributed by atoms with van der Waals surface area (Å²) in [6.45, 7) is 6.80. The number of hydrogen-bond donors (Lipinski definition) is 1. The molecule has 5 nitrogen and oxygen atoms in total. The molecule has 0 spiro atoms. The summed E-state index contributed by atoms with van der Waals surface area (Å²) in [5.74, 6) is -1.14. The quantitative estimate of drug-likeness (QED) is 0.467. The summed E-state index contributed by atoms with van der Waals surface area (Å²) in [4.78, 5) is 31.7. The van der Waals surface area contributed by atoms with Crippen molar-refractivity contribution in [2.45, 2.75) is 25.7 Å². The molecule has 1 aliphatic rings. The topological polar surface area (TPSA) is 62.3 Å². The molecule has 170 valence electrons. The second-order valence-electron chi connectivity index (χ2n) is 8.01. The van der Waals surface area contributed by atoms with Crippen LogP contribution in [0.15, 0.2) is 54.4 Å². The Hall–Kier alpha value is -3.03. The molecular weight excluding hydrogens is 461 g/mol. The van der Waals surface area contributed by atoms with Crippen LogP contribution in [0.2, 0.25) is 5.02 Å². The lowest BCUT2D eigenvalue weighted by Gasteiger charge is -2.31. The van der Waals surface area contributed by atoms with Gasteiger partial charge in [0.2, 0.25) is 0 Å². The summed E-state index contributed by atoms with van der Waals surface area (Å²) < 4.78 is 14.1. The molecular formula is C25H23ClFN3O2S. The molecule has 2 heterocycles. The summed E-state index contributed by atoms with van der Waals surface area (Å²) >= 11 is 7.49. The van der Waals surface area contributed by atoms with Crippen LogP contribution in [-0.4, -0.2) is 34.8 Å². The molecule has 0 radical (unpaired) electrons. The van der Waals surface area contributed by atoms with E-state index in [1.807, 2.05) is 31.2 Å². The Morgan fingerprint density at radius 3 is 2.61 bits per heavy atom. The van der Waals surface area contributed by atoms with Crippen LogP contribution in [0.4, 0.5) is 10.1 Å². The fourth-order valence-corrected chi connectivity index (χ4v) is 5.13. The van der Waals surface area contributed by atoms with Gasteiger partial charge in [0.15, 0.2) is 0 Å². The fraction of sp³-hybridized carbons (Fsp3) is 0.240. The first-order valence-electron chi connectivity index (χ1n) is 10.6. The van der Waals surface area contributed by atoms with Gasteiger partial charge in [-0.2, -0.15) is 0 Å². The molecule has 4 rings (SSSR count). The van der Waals surface area contributed by atoms with Gasteiger partial charge in [-0.15, -0.1) is 11.3 Å². The van der Waals surface area contributed by atoms with Crippen molar-refractivity contribution >= 4 is 46.0 Å². The zero-order chi connectivity index (χ0) is 23.5. The minimum Gasteiger partial charge on any atom is -0.338 e. The molecule has 1 saturated heterocycles. The van der Waals surface area contributed by atoms with Gasteiger partial charge in [0.25, 0.3) is 11.8 Å². The van der Waals surface area contributed by atoms with E-state index in [2.05, 4.69) is 16.9 Å². The van der Waals surface area contributed by atoms with Crippen molar-refractivity contribution in [2.24, 2.45) is 0 Å². The second-order valence-corrected chi connectivity index (χ2v) is 9.31. The number of nitrogens with zero attached hydrogens (tertiary/aromatic N) is 2. The normalized spacial score (nSPS) is 14.2. The smallest absolute Gasteiger partial charge is 0.275 e. The average Bonchev–Trinajstić information content (AvgIpc) is 3.30. The highest BCUT2D eigenvalue weighted by molar-refractivity contribution is 7.10. The molecule has 2 amide bonds. The van der Waals surface area contributed by atoms with E-state index in [1.165, 1.54) is 29.5 Å². The summed E-state index contributed by atoms with van der Waals surface area (Å²) in [6.07, 6.45) is 1.37. The molecule has 1 N–H and O–H groups in total. The van der Waals surface area contributed by atoms with Gasteiger partial charge in [-0.1, -0.05) is 42.4 Å². The highest BCUT2D eigenvalue weighted by Crippen LogP contribution is 2.32. The standard InChI is InChI=1S/C25H23ClFN3O2S/c1-15(2)17-6-3-4-9-20(17)28-23(31)21-14-33-24(29-21)16-10-12-30(13-11-16)25(32)22-18(26)7-5-8-19(22)27/h3-9,14,16H,1,10-13H2,2H3,(H,28,31). The maximum absolute atomic E-state index is 14.1. The Morgan fingerprint density at radius 1 is 1.18 bits per heavy atom. The Kier molecular flexibility index (Phi) is 6.91. The van der Waals surface area contributed by atoms with E-state index in [0.717, 1.165) is 16.1 Å². The van der Waals surface area contributed by atoms with Crippen LogP contribution >= 0.6 is 22.9 Å². The van der Waals surface area contributed by atoms with Gasteiger partial charge in [0.05, 0.1) is 15.6 Å². The first-order valence-corrected chi connectivity index (χ1v) is 11.9. The van der Waals surface area contributed by atoms with Crippen molar-refractivity contribution in [3.63, 3.8) is 0 Å². The highest BCUT2D eigenvalue weighted by atomic mass is 35.5. The Balaban J connectivity index is 1.40. The lowest BCUT2D eigenvalue weighted by atomic mass is 9.97. The number of thiazole rings is 1. The number of allylic oxidation sites excluding steroid dienone is 1. The number of benzene rings is 2. The lowest BCUT2D eigenvalue weighted by molar-refractivity contribution is 0.0708. The van der Waals surface area contributed by atoms with Crippen LogP contribution in [-0.2, 0) is 0 Å². The van der Waals surface area contributed by atoms with Crippen molar-refractivity contribution in [1.82, 2.24) is 9.88 Å². The molecule has 0 saturated carbocycles. The number of anilines is 1. The van der Waals surface area contributed by atoms with E-state index in [1.54, 1.807) is 10.3 Å². The van der Waals surface area contributed by atoms with Gasteiger partial charge in [-0.3, -0.25) is 9.59 Å². The molecule has 33 heavy (non-hydrogen) atoms. The third-order valence-corrected chi connectivity index (χ3v) is 7.02. The van der Waals surface area contributed by atoms with Gasteiger partial charge in [0, 0.05) is 35.6 Å². The number of nitrogens with one attached hydrogen (secondary N) is 1. The number of carbonyl (C=O) groups excluding carboxylic acids is 2. The number of carbonyl (C=O) groups is 2. The van der Waals surface area contributed by atoms with Gasteiger partial charge in [-0.25, -0.2) is 9.37 Å². The summed E-state index contributed by atoms with van der Waals surface area (Å²) in [7, 11) is 0. The van der Waals surface area contributed by atoms with E-state index >= 15 is 0 Å². The van der Waals surface area contributed by atoms with Gasteiger partial charge >= 0.3 is 0 Å². The van der Waals surface area contributed by atoms with Gasteiger partial charge in [-0.05, 0) is 43.5 Å². The Morgan fingerprint density at radius 2 is 1.91 bits per heavy atom. The molecule has 2 aromatic carbocycles. The van der Waals surface area contributed by atoms with Crippen LogP contribution in [0.1, 0.15) is 57.1 Å². The van der Waals surface area contributed by atoms with Gasteiger partial charge in [0.1, 0.15) is 11.5 Å². The number of likely N-dealkylation sites (tertiary alicyclic amines) is 1. The molecule has 1 fully saturated rings. The van der Waals surface area contributed by atoms with E-state index in [9.17, 15) is 14.0 Å². The number of para-hydroxylation sites is 1. The molecule has 3 aromatic rings. The van der Waals surface area contributed by atoms with Gasteiger partial charge < -0.3 is 10.2 Å². The second kappa shape index (κ2) is 9.85. The van der Waals surface area contributed by atoms with Crippen molar-refractivity contribution in [1.29, 1.82) is 0 Å². The van der Waals surface area contributed by atoms with E-state index < -0.39 is 11.7 Å². The number of hydrogen-bond acceptors (Lipinski definition) is 4. The SMILES string of the molecule is C=C(C)c1ccccc1NC(=O)c1csc(C2CCN(C(=O)c3c(F)cccc3Cl)CC2)n1. The molecule has 0 bridgehead atoms. The summed E-state index contributed by atoms with van der Waals surface area (Å²) in [5, 5.41) is 5.66. The molecule has 8 heteroatoms. The van der Waals surface area contributed by atoms with Crippen LogP contribution in [0.25, 0.3) is 5.57 Å². The molecule has 0 aliphatic carbocycles. The van der Waals surface area contributed by atoms with Crippen molar-refractivity contribution in [2.75, 3.05) is 18.4 Å². The van der Waals surface area contributed by atoms with Crippen LogP contribution in [0, 0.1) is 5.82 Å². The van der Waals surface area contributed by atoms with Crippen molar-refractivity contribution < 1.29 is 14.0 Å². The predicted molar refractivity (Wildman–Crippen MR) is 131 cm³/mol. The molecule has 0 atom stereocenters. The Labute approximate surface area is 200 Å². The van der Waals surface area contributed by atoms with E-state index in [0.29, 0.717) is 37.3 Å². The summed E-state index contributed by atoms with van der Waals surface area (Å²) in [5.41, 5.74) is 2.73. The molecule has 0 unspecified atom stereocenters. The average molecular weight is 484 g/mol. The number of amides is 2. The zero-order valence-corrected chi connectivity index (χ0v) is 19.7. The van der Waals surface area contributed by atoms with Crippen LogP contribution < -0.4 is 5.32 Å². The van der Waals surface area contributed by atoms with Crippen LogP contribution in [0.3, 0.4) is 0 Å². The number of halogens is 2. The molecule has 1 aliphatic heterocycles. The maximum Gasteiger partial charge on any atom is 0.275 e. The lowest BCUT2D eigenvalue weighted by Crippen LogP contribution is -2.38. The van der Waals surface area contributed by atoms with Crippen molar-refractivity contribution in [3.05, 3.63) is 87.1 Å². The predicted octanol–water partition coefficient (Wildman–Crippen LogP) is 6.24. The Bertz CT molecular complexity index is 1200. The minimum atomic E-state index is -0.613. The highest BCUT2D eigenvalue weighted by Gasteiger charge is 2.29. The van der Waals surface area contributed by atoms with Crippen molar-refractivity contribution in [3.8, 4) is 0 Å². The minimum absolute atomic E-state index is 0.0825. The number of aromatic nitrogens is 1. The summed E-state index contributed by atoms with van der Waals surface area (Å²) in [6, 6.07) is 11.7. The monoisotopic (exact) mass is 483 g/mol. The largest absolute Gasteiger partial charge is 0.338 e. The zero-order valence-electron chi connectivity index (χ0n) is 18.1. The third kappa shape index (κ3) is 4.99. The first kappa shape index (κ1) is 23.1. The van der Waals surface area contributed by atoms with Crippen LogP contribution in [0.5, 0.6) is 0 Å². The third-order valence-electron chi connectivity index (χ3n) is 5.70. The fourth-order valence-electron chi connectivity index (χ4n) is 3.92. The van der Waals surface area contributed by atoms with E-state index in [-0.39, 0.29) is 22.4 Å².